The highest BCUT2D eigenvalue weighted by Gasteiger charge is 2.05. The average Bonchev–Trinajstić information content (AvgIpc) is 1.97. The Kier molecular flexibility index (Phi) is 2.46. The van der Waals surface area contributed by atoms with E-state index in [0.29, 0.717) is 0 Å². The van der Waals surface area contributed by atoms with E-state index in [1.165, 1.54) is 6.07 Å². The minimum atomic E-state index is -0.530. The van der Waals surface area contributed by atoms with E-state index in [1.807, 2.05) is 0 Å². The first kappa shape index (κ1) is 8.49. The van der Waals surface area contributed by atoms with Crippen LogP contribution < -0.4 is 0 Å². The normalized spacial score (nSPS) is 10.1. The number of aliphatic hydroxyl groups excluding tert-OH is 1. The van der Waals surface area contributed by atoms with Gasteiger partial charge in [0.15, 0.2) is 0 Å². The second-order valence-electron chi connectivity index (χ2n) is 2.05. The summed E-state index contributed by atoms with van der Waals surface area (Å²) in [7, 11) is 0. The molecule has 2 N–H and O–H groups in total. The van der Waals surface area contributed by atoms with Crippen molar-refractivity contribution in [3.8, 4) is 5.75 Å². The summed E-state index contributed by atoms with van der Waals surface area (Å²) in [6, 6.07) is 2.29. The third-order valence-electron chi connectivity index (χ3n) is 1.29. The van der Waals surface area contributed by atoms with Crippen molar-refractivity contribution in [2.75, 3.05) is 0 Å². The van der Waals surface area contributed by atoms with Crippen LogP contribution in [0.1, 0.15) is 5.56 Å². The molecular formula is C7H6BrFO2. The van der Waals surface area contributed by atoms with E-state index in [1.54, 1.807) is 0 Å². The topological polar surface area (TPSA) is 40.5 Å². The van der Waals surface area contributed by atoms with Gasteiger partial charge in [0.2, 0.25) is 0 Å². The first-order valence-corrected chi connectivity index (χ1v) is 3.72. The van der Waals surface area contributed by atoms with Gasteiger partial charge >= 0.3 is 0 Å². The minimum Gasteiger partial charge on any atom is -0.507 e. The van der Waals surface area contributed by atoms with Gasteiger partial charge in [0.05, 0.1) is 11.1 Å². The summed E-state index contributed by atoms with van der Waals surface area (Å²) in [4.78, 5) is 0. The molecule has 0 aliphatic heterocycles. The van der Waals surface area contributed by atoms with Crippen LogP contribution >= 0.6 is 15.9 Å². The molecule has 1 aromatic carbocycles. The number of halogens is 2. The number of hydrogen-bond donors (Lipinski definition) is 2. The number of rotatable bonds is 1. The van der Waals surface area contributed by atoms with Crippen molar-refractivity contribution in [1.82, 2.24) is 0 Å². The molecule has 0 saturated heterocycles. The van der Waals surface area contributed by atoms with Crippen LogP contribution in [-0.2, 0) is 6.61 Å². The fourth-order valence-corrected chi connectivity index (χ4v) is 1.02. The zero-order valence-electron chi connectivity index (χ0n) is 5.51. The smallest absolute Gasteiger partial charge is 0.130 e. The van der Waals surface area contributed by atoms with Crippen molar-refractivity contribution in [3.63, 3.8) is 0 Å². The lowest BCUT2D eigenvalue weighted by molar-refractivity contribution is 0.275. The molecule has 0 unspecified atom stereocenters. The van der Waals surface area contributed by atoms with E-state index in [-0.39, 0.29) is 15.8 Å². The molecule has 0 aliphatic rings. The van der Waals surface area contributed by atoms with Crippen molar-refractivity contribution >= 4 is 15.9 Å². The van der Waals surface area contributed by atoms with E-state index in [0.717, 1.165) is 6.07 Å². The van der Waals surface area contributed by atoms with Crippen molar-refractivity contribution < 1.29 is 14.6 Å². The van der Waals surface area contributed by atoms with Crippen molar-refractivity contribution in [2.24, 2.45) is 0 Å². The molecule has 0 aliphatic carbocycles. The van der Waals surface area contributed by atoms with Gasteiger partial charge in [0.1, 0.15) is 11.6 Å². The lowest BCUT2D eigenvalue weighted by atomic mass is 10.2. The maximum Gasteiger partial charge on any atom is 0.130 e. The van der Waals surface area contributed by atoms with E-state index in [4.69, 9.17) is 10.2 Å². The fourth-order valence-electron chi connectivity index (χ4n) is 0.702. The van der Waals surface area contributed by atoms with E-state index in [9.17, 15) is 4.39 Å². The summed E-state index contributed by atoms with van der Waals surface area (Å²) >= 11 is 2.94. The third kappa shape index (κ3) is 1.70. The highest BCUT2D eigenvalue weighted by molar-refractivity contribution is 9.10. The highest BCUT2D eigenvalue weighted by atomic mass is 79.9. The summed E-state index contributed by atoms with van der Waals surface area (Å²) in [6.45, 7) is -0.410. The number of benzene rings is 1. The van der Waals surface area contributed by atoms with Gasteiger partial charge in [-0.15, -0.1) is 0 Å². The molecule has 0 amide bonds. The Morgan fingerprint density at radius 2 is 2.09 bits per heavy atom. The molecule has 11 heavy (non-hydrogen) atoms. The Hall–Kier alpha value is -0.610. The van der Waals surface area contributed by atoms with Crippen LogP contribution in [0.25, 0.3) is 0 Å². The summed E-state index contributed by atoms with van der Waals surface area (Å²) in [5.74, 6) is -0.604. The van der Waals surface area contributed by atoms with Crippen LogP contribution in [0, 0.1) is 5.82 Å². The SMILES string of the molecule is OCc1cc(O)c(Br)cc1F. The molecule has 0 fully saturated rings. The molecule has 1 aromatic rings. The maximum atomic E-state index is 12.7. The predicted molar refractivity (Wildman–Crippen MR) is 41.7 cm³/mol. The predicted octanol–water partition coefficient (Wildman–Crippen LogP) is 1.79. The maximum absolute atomic E-state index is 12.7. The fraction of sp³-hybridized carbons (Fsp3) is 0.143. The molecule has 0 aromatic heterocycles. The Balaban J connectivity index is 3.21. The molecule has 4 heteroatoms. The minimum absolute atomic E-state index is 0.0737. The average molecular weight is 221 g/mol. The van der Waals surface area contributed by atoms with Crippen LogP contribution in [0.4, 0.5) is 4.39 Å². The standard InChI is InChI=1S/C7H6BrFO2/c8-5-2-6(9)4(3-10)1-7(5)11/h1-2,10-11H,3H2. The highest BCUT2D eigenvalue weighted by Crippen LogP contribution is 2.26. The molecular weight excluding hydrogens is 215 g/mol. The number of aliphatic hydroxyl groups is 1. The lowest BCUT2D eigenvalue weighted by Crippen LogP contribution is -1.89. The van der Waals surface area contributed by atoms with E-state index in [2.05, 4.69) is 15.9 Å². The number of hydrogen-bond acceptors (Lipinski definition) is 2. The summed E-state index contributed by atoms with van der Waals surface area (Å²) in [5, 5.41) is 17.6. The Morgan fingerprint density at radius 3 is 2.64 bits per heavy atom. The van der Waals surface area contributed by atoms with Crippen LogP contribution in [0.3, 0.4) is 0 Å². The van der Waals surface area contributed by atoms with Gasteiger partial charge in [-0.3, -0.25) is 0 Å². The van der Waals surface area contributed by atoms with Gasteiger partial charge in [0.25, 0.3) is 0 Å². The van der Waals surface area contributed by atoms with Crippen LogP contribution in [-0.4, -0.2) is 10.2 Å². The van der Waals surface area contributed by atoms with Gasteiger partial charge in [-0.05, 0) is 28.1 Å². The van der Waals surface area contributed by atoms with Crippen molar-refractivity contribution in [3.05, 3.63) is 28.0 Å². The van der Waals surface area contributed by atoms with Gasteiger partial charge < -0.3 is 10.2 Å². The first-order valence-electron chi connectivity index (χ1n) is 2.93. The molecule has 0 spiro atoms. The van der Waals surface area contributed by atoms with Crippen LogP contribution in [0.2, 0.25) is 0 Å². The van der Waals surface area contributed by atoms with Crippen molar-refractivity contribution in [2.45, 2.75) is 6.61 Å². The number of phenols is 1. The van der Waals surface area contributed by atoms with Gasteiger partial charge in [0, 0.05) is 5.56 Å². The Bertz CT molecular complexity index is 275. The molecule has 60 valence electrons. The van der Waals surface area contributed by atoms with Gasteiger partial charge in [-0.2, -0.15) is 0 Å². The van der Waals surface area contributed by atoms with Crippen LogP contribution in [0.5, 0.6) is 5.75 Å². The summed E-state index contributed by atoms with van der Waals surface area (Å²) < 4.78 is 13.0. The molecule has 0 radical (unpaired) electrons. The second-order valence-corrected chi connectivity index (χ2v) is 2.91. The Morgan fingerprint density at radius 1 is 1.45 bits per heavy atom. The van der Waals surface area contributed by atoms with Gasteiger partial charge in [-0.25, -0.2) is 4.39 Å². The van der Waals surface area contributed by atoms with Crippen LogP contribution in [0.15, 0.2) is 16.6 Å². The molecule has 0 atom stereocenters. The zero-order valence-corrected chi connectivity index (χ0v) is 7.10. The number of phenolic OH excluding ortho intramolecular Hbond substituents is 1. The molecule has 0 heterocycles. The largest absolute Gasteiger partial charge is 0.507 e. The van der Waals surface area contributed by atoms with E-state index >= 15 is 0 Å². The summed E-state index contributed by atoms with van der Waals surface area (Å²) in [5.41, 5.74) is 0.0886. The molecule has 2 nitrogen and oxygen atoms in total. The zero-order chi connectivity index (χ0) is 8.43. The number of aromatic hydroxyl groups is 1. The molecule has 0 saturated carbocycles. The first-order chi connectivity index (χ1) is 5.15. The quantitative estimate of drug-likeness (QED) is 0.758. The molecule has 0 bridgehead atoms. The molecule has 1 rings (SSSR count). The lowest BCUT2D eigenvalue weighted by Gasteiger charge is -2.01. The van der Waals surface area contributed by atoms with Gasteiger partial charge in [-0.1, -0.05) is 0 Å². The monoisotopic (exact) mass is 220 g/mol. The van der Waals surface area contributed by atoms with Crippen molar-refractivity contribution in [1.29, 1.82) is 0 Å². The van der Waals surface area contributed by atoms with E-state index < -0.39 is 12.4 Å². The second kappa shape index (κ2) is 3.19. The summed E-state index contributed by atoms with van der Waals surface area (Å²) in [6.07, 6.45) is 0. The third-order valence-corrected chi connectivity index (χ3v) is 1.92. The Labute approximate surface area is 71.4 Å².